The lowest BCUT2D eigenvalue weighted by Gasteiger charge is -2.20. The van der Waals surface area contributed by atoms with Gasteiger partial charge in [0.2, 0.25) is 11.8 Å². The van der Waals surface area contributed by atoms with E-state index < -0.39 is 0 Å². The minimum atomic E-state index is -0.341. The van der Waals surface area contributed by atoms with Crippen LogP contribution in [0.15, 0.2) is 30.3 Å². The summed E-state index contributed by atoms with van der Waals surface area (Å²) in [5, 5.41) is 0. The Balaban J connectivity index is 1.81. The van der Waals surface area contributed by atoms with Crippen LogP contribution in [0.5, 0.6) is 0 Å². The number of nitrogens with zero attached hydrogens (tertiary/aromatic N) is 5. The molecule has 166 valence electrons. The maximum atomic E-state index is 13.2. The van der Waals surface area contributed by atoms with Crippen molar-refractivity contribution < 1.29 is 18.7 Å². The van der Waals surface area contributed by atoms with Crippen LogP contribution in [-0.2, 0) is 20.9 Å². The standard InChI is InChI=1S/C22H28FN5O3/c1-26(2)20-12-18(24-19(25-20)14-27(3)21(29)9-10-31-4)15-11-22(30)28(13-15)17-7-5-16(23)6-8-17/h5-8,12,15H,9-11,13-14H2,1-4H3/t15-/m0/s1. The molecule has 1 atom stereocenters. The number of aromatic nitrogens is 2. The Hall–Kier alpha value is -3.07. The molecule has 1 aromatic carbocycles. The van der Waals surface area contributed by atoms with Gasteiger partial charge in [-0.1, -0.05) is 0 Å². The molecule has 2 heterocycles. The van der Waals surface area contributed by atoms with E-state index in [9.17, 15) is 14.0 Å². The summed E-state index contributed by atoms with van der Waals surface area (Å²) in [6.45, 7) is 1.08. The second-order valence-corrected chi connectivity index (χ2v) is 7.84. The predicted molar refractivity (Wildman–Crippen MR) is 115 cm³/mol. The zero-order valence-corrected chi connectivity index (χ0v) is 18.3. The van der Waals surface area contributed by atoms with Crippen LogP contribution in [0, 0.1) is 5.82 Å². The molecule has 1 aliphatic heterocycles. The summed E-state index contributed by atoms with van der Waals surface area (Å²) in [5.41, 5.74) is 1.42. The minimum Gasteiger partial charge on any atom is -0.384 e. The molecule has 3 rings (SSSR count). The summed E-state index contributed by atoms with van der Waals surface area (Å²) in [6, 6.07) is 7.78. The van der Waals surface area contributed by atoms with E-state index in [2.05, 4.69) is 9.97 Å². The van der Waals surface area contributed by atoms with Gasteiger partial charge in [-0.05, 0) is 24.3 Å². The minimum absolute atomic E-state index is 0.0324. The van der Waals surface area contributed by atoms with E-state index in [1.54, 1.807) is 36.1 Å². The Kier molecular flexibility index (Phi) is 7.17. The van der Waals surface area contributed by atoms with Gasteiger partial charge < -0.3 is 19.4 Å². The molecule has 0 spiro atoms. The first-order valence-corrected chi connectivity index (χ1v) is 10.1. The van der Waals surface area contributed by atoms with Crippen molar-refractivity contribution in [3.05, 3.63) is 47.7 Å². The molecule has 0 aliphatic carbocycles. The molecule has 0 N–H and O–H groups in total. The molecule has 0 unspecified atom stereocenters. The maximum Gasteiger partial charge on any atom is 0.227 e. The zero-order chi connectivity index (χ0) is 22.5. The van der Waals surface area contributed by atoms with Gasteiger partial charge >= 0.3 is 0 Å². The van der Waals surface area contributed by atoms with Gasteiger partial charge in [-0.3, -0.25) is 9.59 Å². The molecule has 1 fully saturated rings. The highest BCUT2D eigenvalue weighted by Crippen LogP contribution is 2.32. The molecule has 9 heteroatoms. The Morgan fingerprint density at radius 1 is 1.23 bits per heavy atom. The van der Waals surface area contributed by atoms with Gasteiger partial charge in [-0.15, -0.1) is 0 Å². The lowest BCUT2D eigenvalue weighted by atomic mass is 10.0. The summed E-state index contributed by atoms with van der Waals surface area (Å²) >= 11 is 0. The number of methoxy groups -OCH3 is 1. The second kappa shape index (κ2) is 9.82. The van der Waals surface area contributed by atoms with Crippen LogP contribution in [-0.4, -0.2) is 68.1 Å². The van der Waals surface area contributed by atoms with Crippen LogP contribution in [0.2, 0.25) is 0 Å². The van der Waals surface area contributed by atoms with Gasteiger partial charge in [-0.2, -0.15) is 0 Å². The third kappa shape index (κ3) is 5.55. The van der Waals surface area contributed by atoms with Crippen LogP contribution in [0.25, 0.3) is 0 Å². The normalized spacial score (nSPS) is 16.0. The number of ether oxygens (including phenoxy) is 1. The number of benzene rings is 1. The molecule has 2 aromatic rings. The predicted octanol–water partition coefficient (Wildman–Crippen LogP) is 2.20. The largest absolute Gasteiger partial charge is 0.384 e. The van der Waals surface area contributed by atoms with Gasteiger partial charge in [0.05, 0.1) is 25.3 Å². The highest BCUT2D eigenvalue weighted by atomic mass is 19.1. The van der Waals surface area contributed by atoms with E-state index in [0.29, 0.717) is 36.9 Å². The lowest BCUT2D eigenvalue weighted by Crippen LogP contribution is -2.28. The van der Waals surface area contributed by atoms with Crippen LogP contribution in [0.3, 0.4) is 0 Å². The molecule has 31 heavy (non-hydrogen) atoms. The molecule has 0 bridgehead atoms. The van der Waals surface area contributed by atoms with E-state index >= 15 is 0 Å². The van der Waals surface area contributed by atoms with Gasteiger partial charge in [-0.25, -0.2) is 14.4 Å². The smallest absolute Gasteiger partial charge is 0.227 e. The summed E-state index contributed by atoms with van der Waals surface area (Å²) in [4.78, 5) is 39.2. The SMILES string of the molecule is COCCC(=O)N(C)Cc1nc([C@H]2CC(=O)N(c3ccc(F)cc3)C2)cc(N(C)C)n1. The summed E-state index contributed by atoms with van der Waals surface area (Å²) in [7, 11) is 7.03. The molecule has 0 saturated carbocycles. The first-order chi connectivity index (χ1) is 14.8. The Morgan fingerprint density at radius 2 is 1.94 bits per heavy atom. The number of hydrogen-bond donors (Lipinski definition) is 0. The Morgan fingerprint density at radius 3 is 2.58 bits per heavy atom. The molecule has 1 aliphatic rings. The Labute approximate surface area is 181 Å². The van der Waals surface area contributed by atoms with Crippen molar-refractivity contribution in [2.24, 2.45) is 0 Å². The molecule has 2 amide bonds. The number of halogens is 1. The number of anilines is 2. The van der Waals surface area contributed by atoms with Gasteiger partial charge in [0.1, 0.15) is 17.5 Å². The molecule has 8 nitrogen and oxygen atoms in total. The fraction of sp³-hybridized carbons (Fsp3) is 0.455. The summed E-state index contributed by atoms with van der Waals surface area (Å²) < 4.78 is 18.2. The first-order valence-electron chi connectivity index (χ1n) is 10.1. The fourth-order valence-corrected chi connectivity index (χ4v) is 3.47. The fourth-order valence-electron chi connectivity index (χ4n) is 3.47. The number of hydrogen-bond acceptors (Lipinski definition) is 6. The van der Waals surface area contributed by atoms with Crippen molar-refractivity contribution in [3.63, 3.8) is 0 Å². The number of carbonyl (C=O) groups excluding carboxylic acids is 2. The van der Waals surface area contributed by atoms with Crippen molar-refractivity contribution in [1.82, 2.24) is 14.9 Å². The quantitative estimate of drug-likeness (QED) is 0.640. The Bertz CT molecular complexity index is 935. The zero-order valence-electron chi connectivity index (χ0n) is 18.3. The average molecular weight is 429 g/mol. The molecular weight excluding hydrogens is 401 g/mol. The van der Waals surface area contributed by atoms with E-state index in [1.165, 1.54) is 12.1 Å². The average Bonchev–Trinajstić information content (AvgIpc) is 3.13. The van der Waals surface area contributed by atoms with Gasteiger partial charge in [0.25, 0.3) is 0 Å². The van der Waals surface area contributed by atoms with Crippen LogP contribution in [0.4, 0.5) is 15.9 Å². The van der Waals surface area contributed by atoms with Crippen LogP contribution in [0.1, 0.15) is 30.3 Å². The van der Waals surface area contributed by atoms with Crippen molar-refractivity contribution >= 4 is 23.3 Å². The third-order valence-corrected chi connectivity index (χ3v) is 5.24. The van der Waals surface area contributed by atoms with E-state index in [0.717, 1.165) is 5.69 Å². The van der Waals surface area contributed by atoms with Crippen molar-refractivity contribution in [2.75, 3.05) is 51.2 Å². The number of rotatable bonds is 8. The lowest BCUT2D eigenvalue weighted by molar-refractivity contribution is -0.131. The van der Waals surface area contributed by atoms with Gasteiger partial charge in [0, 0.05) is 58.9 Å². The molecule has 1 aromatic heterocycles. The van der Waals surface area contributed by atoms with E-state index in [-0.39, 0.29) is 36.5 Å². The van der Waals surface area contributed by atoms with Crippen molar-refractivity contribution in [2.45, 2.75) is 25.3 Å². The third-order valence-electron chi connectivity index (χ3n) is 5.24. The van der Waals surface area contributed by atoms with E-state index in [4.69, 9.17) is 4.74 Å². The summed E-state index contributed by atoms with van der Waals surface area (Å²) in [5.74, 6) is 0.683. The van der Waals surface area contributed by atoms with Crippen molar-refractivity contribution in [1.29, 1.82) is 0 Å². The van der Waals surface area contributed by atoms with Gasteiger partial charge in [0.15, 0.2) is 0 Å². The summed E-state index contributed by atoms with van der Waals surface area (Å²) in [6.07, 6.45) is 0.598. The van der Waals surface area contributed by atoms with Crippen LogP contribution >= 0.6 is 0 Å². The van der Waals surface area contributed by atoms with Crippen molar-refractivity contribution in [3.8, 4) is 0 Å². The highest BCUT2D eigenvalue weighted by Gasteiger charge is 2.33. The first kappa shape index (κ1) is 22.6. The molecular formula is C22H28FN5O3. The topological polar surface area (TPSA) is 78.9 Å². The molecule has 1 saturated heterocycles. The number of amides is 2. The highest BCUT2D eigenvalue weighted by molar-refractivity contribution is 5.96. The molecule has 0 radical (unpaired) electrons. The van der Waals surface area contributed by atoms with E-state index in [1.807, 2.05) is 25.1 Å². The van der Waals surface area contributed by atoms with Crippen LogP contribution < -0.4 is 9.80 Å². The second-order valence-electron chi connectivity index (χ2n) is 7.84. The monoisotopic (exact) mass is 429 g/mol. The maximum absolute atomic E-state index is 13.2. The number of carbonyl (C=O) groups is 2.